The van der Waals surface area contributed by atoms with E-state index in [1.807, 2.05) is 18.7 Å². The first-order valence-electron chi connectivity index (χ1n) is 10.4. The van der Waals surface area contributed by atoms with Gasteiger partial charge < -0.3 is 9.30 Å². The number of ether oxygens (including phenoxy) is 1. The molecule has 5 heteroatoms. The highest BCUT2D eigenvalue weighted by Gasteiger charge is 2.34. The fourth-order valence-corrected chi connectivity index (χ4v) is 4.54. The number of aryl methyl sites for hydroxylation is 1. The second-order valence-electron chi connectivity index (χ2n) is 8.04. The summed E-state index contributed by atoms with van der Waals surface area (Å²) in [7, 11) is 2.31. The smallest absolute Gasteiger partial charge is 0.123 e. The summed E-state index contributed by atoms with van der Waals surface area (Å²) in [6.45, 7) is 5.17. The lowest BCUT2D eigenvalue weighted by atomic mass is 10.1. The summed E-state index contributed by atoms with van der Waals surface area (Å²) >= 11 is 0. The second-order valence-corrected chi connectivity index (χ2v) is 8.04. The number of aromatic nitrogens is 2. The van der Waals surface area contributed by atoms with Crippen molar-refractivity contribution in [2.24, 2.45) is 0 Å². The van der Waals surface area contributed by atoms with Gasteiger partial charge in [-0.05, 0) is 45.2 Å². The van der Waals surface area contributed by atoms with E-state index in [0.29, 0.717) is 0 Å². The molecule has 2 fully saturated rings. The fourth-order valence-electron chi connectivity index (χ4n) is 4.54. The Labute approximate surface area is 162 Å². The van der Waals surface area contributed by atoms with Crippen molar-refractivity contribution in [3.8, 4) is 5.75 Å². The molecular weight excluding hydrogens is 336 g/mol. The number of hydrogen-bond acceptors (Lipinski definition) is 4. The fraction of sp³-hybridized carbons (Fsp3) is 0.591. The number of rotatable bonds is 8. The number of likely N-dealkylation sites (N-methyl/N-ethyl adjacent to an activating group) is 1. The van der Waals surface area contributed by atoms with Crippen LogP contribution in [0.2, 0.25) is 0 Å². The Morgan fingerprint density at radius 2 is 2.00 bits per heavy atom. The van der Waals surface area contributed by atoms with E-state index in [1.165, 1.54) is 37.9 Å². The Bertz CT molecular complexity index is 702. The molecule has 4 rings (SSSR count). The van der Waals surface area contributed by atoms with Crippen molar-refractivity contribution >= 4 is 0 Å². The van der Waals surface area contributed by atoms with Crippen LogP contribution in [0, 0.1) is 0 Å². The molecule has 1 aromatic carbocycles. The van der Waals surface area contributed by atoms with E-state index in [2.05, 4.69) is 50.7 Å². The van der Waals surface area contributed by atoms with Crippen LogP contribution in [0.3, 0.4) is 0 Å². The normalized spacial score (nSPS) is 23.4. The van der Waals surface area contributed by atoms with E-state index < -0.39 is 0 Å². The zero-order valence-electron chi connectivity index (χ0n) is 16.5. The molecule has 146 valence electrons. The minimum absolute atomic E-state index is 0.730. The molecule has 2 aliphatic rings. The highest BCUT2D eigenvalue weighted by molar-refractivity contribution is 5.33. The lowest BCUT2D eigenvalue weighted by Gasteiger charge is -2.26. The van der Waals surface area contributed by atoms with Gasteiger partial charge in [0.1, 0.15) is 5.75 Å². The van der Waals surface area contributed by atoms with Gasteiger partial charge in [0.15, 0.2) is 0 Å². The van der Waals surface area contributed by atoms with Crippen molar-refractivity contribution in [3.63, 3.8) is 0 Å². The lowest BCUT2D eigenvalue weighted by molar-refractivity contribution is 0.211. The first-order chi connectivity index (χ1) is 13.3. The van der Waals surface area contributed by atoms with Crippen LogP contribution in [-0.2, 0) is 13.1 Å². The number of imidazole rings is 1. The van der Waals surface area contributed by atoms with Gasteiger partial charge in [0, 0.05) is 56.2 Å². The third-order valence-electron chi connectivity index (χ3n) is 6.23. The average Bonchev–Trinajstić information content (AvgIpc) is 3.26. The van der Waals surface area contributed by atoms with Crippen LogP contribution < -0.4 is 4.74 Å². The van der Waals surface area contributed by atoms with Crippen LogP contribution in [0.5, 0.6) is 5.75 Å². The maximum Gasteiger partial charge on any atom is 0.123 e. The molecule has 0 spiro atoms. The van der Waals surface area contributed by atoms with Gasteiger partial charge in [-0.3, -0.25) is 9.80 Å². The summed E-state index contributed by atoms with van der Waals surface area (Å²) in [6, 6.07) is 10.1. The van der Waals surface area contributed by atoms with Crippen molar-refractivity contribution < 1.29 is 4.74 Å². The van der Waals surface area contributed by atoms with Gasteiger partial charge in [0.05, 0.1) is 12.9 Å². The van der Waals surface area contributed by atoms with E-state index >= 15 is 0 Å². The van der Waals surface area contributed by atoms with Crippen LogP contribution in [0.25, 0.3) is 0 Å². The van der Waals surface area contributed by atoms with E-state index in [9.17, 15) is 0 Å². The van der Waals surface area contributed by atoms with Crippen molar-refractivity contribution in [1.82, 2.24) is 19.4 Å². The Kier molecular flexibility index (Phi) is 6.10. The average molecular weight is 369 g/mol. The molecule has 0 amide bonds. The van der Waals surface area contributed by atoms with E-state index in [0.717, 1.165) is 50.4 Å². The van der Waals surface area contributed by atoms with E-state index in [-0.39, 0.29) is 0 Å². The summed E-state index contributed by atoms with van der Waals surface area (Å²) in [4.78, 5) is 9.33. The second kappa shape index (κ2) is 8.89. The van der Waals surface area contributed by atoms with Crippen LogP contribution in [0.15, 0.2) is 43.0 Å². The maximum absolute atomic E-state index is 6.15. The van der Waals surface area contributed by atoms with Crippen LogP contribution in [-0.4, -0.2) is 58.2 Å². The summed E-state index contributed by atoms with van der Waals surface area (Å²) < 4.78 is 8.27. The largest absolute Gasteiger partial charge is 0.493 e. The van der Waals surface area contributed by atoms with Gasteiger partial charge in [0.2, 0.25) is 0 Å². The number of para-hydroxylation sites is 1. The third kappa shape index (κ3) is 4.71. The number of likely N-dealkylation sites (tertiary alicyclic amines) is 1. The summed E-state index contributed by atoms with van der Waals surface area (Å²) in [5.41, 5.74) is 1.33. The lowest BCUT2D eigenvalue weighted by Crippen LogP contribution is -2.36. The topological polar surface area (TPSA) is 33.5 Å². The van der Waals surface area contributed by atoms with Crippen LogP contribution in [0.1, 0.15) is 37.7 Å². The number of hydrogen-bond donors (Lipinski definition) is 0. The number of benzene rings is 1. The first-order valence-corrected chi connectivity index (χ1v) is 10.4. The zero-order valence-corrected chi connectivity index (χ0v) is 16.5. The molecule has 0 saturated carbocycles. The molecule has 0 unspecified atom stereocenters. The monoisotopic (exact) mass is 368 g/mol. The molecule has 2 bridgehead atoms. The van der Waals surface area contributed by atoms with Gasteiger partial charge in [-0.1, -0.05) is 18.2 Å². The molecular formula is C22H32N4O. The van der Waals surface area contributed by atoms with Gasteiger partial charge in [-0.2, -0.15) is 0 Å². The third-order valence-corrected chi connectivity index (χ3v) is 6.23. The predicted octanol–water partition coefficient (Wildman–Crippen LogP) is 3.41. The molecule has 2 aliphatic heterocycles. The standard InChI is InChI=1S/C22H32N4O/c1-24-20-8-9-21(24)17-26(13-10-20)16-19-6-2-3-7-22(19)27-15-5-4-12-25-14-11-23-18-25/h2-3,6-7,11,14,18,20-21H,4-5,8-10,12-13,15-17H2,1H3/t20-,21+/m0/s1. The van der Waals surface area contributed by atoms with Gasteiger partial charge >= 0.3 is 0 Å². The van der Waals surface area contributed by atoms with Gasteiger partial charge in [0.25, 0.3) is 0 Å². The maximum atomic E-state index is 6.15. The SMILES string of the molecule is CN1[C@H]2CC[C@@H]1CN(Cc1ccccc1OCCCCn1ccnc1)CC2. The van der Waals surface area contributed by atoms with Gasteiger partial charge in [-0.15, -0.1) is 0 Å². The Morgan fingerprint density at radius 3 is 2.89 bits per heavy atom. The highest BCUT2D eigenvalue weighted by atomic mass is 16.5. The Morgan fingerprint density at radius 1 is 1.11 bits per heavy atom. The van der Waals surface area contributed by atoms with Crippen molar-refractivity contribution in [2.45, 2.75) is 57.3 Å². The molecule has 0 radical (unpaired) electrons. The number of fused-ring (bicyclic) bond motifs is 2. The molecule has 2 atom stereocenters. The number of nitrogens with zero attached hydrogens (tertiary/aromatic N) is 4. The summed E-state index contributed by atoms with van der Waals surface area (Å²) in [6.07, 6.45) is 11.9. The quantitative estimate of drug-likeness (QED) is 0.669. The molecule has 3 heterocycles. The molecule has 2 aromatic rings. The van der Waals surface area contributed by atoms with Crippen molar-refractivity contribution in [2.75, 3.05) is 26.7 Å². The molecule has 2 saturated heterocycles. The van der Waals surface area contributed by atoms with Crippen molar-refractivity contribution in [1.29, 1.82) is 0 Å². The first kappa shape index (κ1) is 18.5. The molecule has 27 heavy (non-hydrogen) atoms. The van der Waals surface area contributed by atoms with E-state index in [4.69, 9.17) is 4.74 Å². The minimum Gasteiger partial charge on any atom is -0.493 e. The molecule has 0 N–H and O–H groups in total. The summed E-state index contributed by atoms with van der Waals surface area (Å²) in [5, 5.41) is 0. The number of unbranched alkanes of at least 4 members (excludes halogenated alkanes) is 1. The Balaban J connectivity index is 1.27. The van der Waals surface area contributed by atoms with Crippen LogP contribution in [0.4, 0.5) is 0 Å². The highest BCUT2D eigenvalue weighted by Crippen LogP contribution is 2.30. The molecule has 1 aromatic heterocycles. The zero-order chi connectivity index (χ0) is 18.5. The van der Waals surface area contributed by atoms with Crippen molar-refractivity contribution in [3.05, 3.63) is 48.5 Å². The molecule has 5 nitrogen and oxygen atoms in total. The summed E-state index contributed by atoms with van der Waals surface area (Å²) in [5.74, 6) is 1.06. The van der Waals surface area contributed by atoms with Gasteiger partial charge in [-0.25, -0.2) is 4.98 Å². The van der Waals surface area contributed by atoms with Crippen LogP contribution >= 0.6 is 0 Å². The Hall–Kier alpha value is -1.85. The van der Waals surface area contributed by atoms with E-state index in [1.54, 1.807) is 0 Å². The molecule has 0 aliphatic carbocycles. The predicted molar refractivity (Wildman–Crippen MR) is 108 cm³/mol. The minimum atomic E-state index is 0.730.